The Hall–Kier alpha value is -2.35. The van der Waals surface area contributed by atoms with Crippen molar-refractivity contribution in [1.29, 1.82) is 0 Å². The van der Waals surface area contributed by atoms with Crippen LogP contribution in [-0.2, 0) is 14.3 Å². The number of fused-ring (bicyclic) bond motifs is 1. The van der Waals surface area contributed by atoms with E-state index in [0.29, 0.717) is 25.3 Å². The highest BCUT2D eigenvalue weighted by molar-refractivity contribution is 8.15. The molecule has 0 aromatic carbocycles. The molecule has 0 aromatic heterocycles. The fourth-order valence-electron chi connectivity index (χ4n) is 3.84. The van der Waals surface area contributed by atoms with Gasteiger partial charge in [-0.1, -0.05) is 43.3 Å². The van der Waals surface area contributed by atoms with E-state index in [1.165, 1.54) is 0 Å². The maximum absolute atomic E-state index is 12.8. The lowest BCUT2D eigenvalue weighted by Gasteiger charge is -2.37. The number of hydrogen-bond donors (Lipinski definition) is 1. The molecule has 1 N–H and O–H groups in total. The summed E-state index contributed by atoms with van der Waals surface area (Å²) in [5, 5.41) is 1.58. The summed E-state index contributed by atoms with van der Waals surface area (Å²) in [6.07, 6.45) is 11.6. The predicted octanol–water partition coefficient (Wildman–Crippen LogP) is 3.19. The third-order valence-electron chi connectivity index (χ3n) is 5.35. The van der Waals surface area contributed by atoms with Crippen LogP contribution in [0.15, 0.2) is 41.6 Å². The highest BCUT2D eigenvalue weighted by Gasteiger charge is 2.38. The van der Waals surface area contributed by atoms with Crippen molar-refractivity contribution in [2.24, 2.45) is 10.9 Å². The van der Waals surface area contributed by atoms with Crippen molar-refractivity contribution in [3.8, 4) is 0 Å². The van der Waals surface area contributed by atoms with Crippen LogP contribution in [0.1, 0.15) is 39.0 Å². The molecule has 2 heterocycles. The van der Waals surface area contributed by atoms with Crippen LogP contribution >= 0.6 is 11.8 Å². The van der Waals surface area contributed by atoms with E-state index in [0.717, 1.165) is 43.3 Å². The van der Waals surface area contributed by atoms with Crippen LogP contribution in [0, 0.1) is 5.92 Å². The second-order valence-corrected chi connectivity index (χ2v) is 8.47. The molecule has 3 rings (SSSR count). The van der Waals surface area contributed by atoms with Gasteiger partial charge in [-0.05, 0) is 38.3 Å². The second kappa shape index (κ2) is 9.91. The molecule has 3 amide bonds. The fourth-order valence-corrected chi connectivity index (χ4v) is 4.63. The Bertz CT molecular complexity index is 774. The van der Waals surface area contributed by atoms with Gasteiger partial charge in [-0.15, -0.1) is 0 Å². The number of nitrogens with one attached hydrogen (secondary N) is 1. The van der Waals surface area contributed by atoms with E-state index in [1.807, 2.05) is 13.0 Å². The van der Waals surface area contributed by atoms with Crippen LogP contribution in [0.3, 0.4) is 0 Å². The summed E-state index contributed by atoms with van der Waals surface area (Å²) in [6.45, 7) is 6.43. The largest absolute Gasteiger partial charge is 0.492 e. The van der Waals surface area contributed by atoms with Gasteiger partial charge in [0, 0.05) is 0 Å². The monoisotopic (exact) mass is 417 g/mol. The van der Waals surface area contributed by atoms with Gasteiger partial charge < -0.3 is 4.74 Å². The number of nitrogens with zero attached hydrogens (tertiary/aromatic N) is 2. The molecule has 2 aliphatic heterocycles. The minimum Gasteiger partial charge on any atom is -0.492 e. The predicted molar refractivity (Wildman–Crippen MR) is 113 cm³/mol. The van der Waals surface area contributed by atoms with E-state index >= 15 is 0 Å². The average Bonchev–Trinajstić information content (AvgIpc) is 3.03. The molecule has 1 saturated carbocycles. The van der Waals surface area contributed by atoms with Gasteiger partial charge >= 0.3 is 0 Å². The molecule has 2 fully saturated rings. The molecule has 0 aromatic rings. The van der Waals surface area contributed by atoms with Crippen LogP contribution in [0.4, 0.5) is 4.79 Å². The maximum atomic E-state index is 12.8. The van der Waals surface area contributed by atoms with Crippen molar-refractivity contribution in [3.05, 3.63) is 36.6 Å². The zero-order valence-corrected chi connectivity index (χ0v) is 17.5. The number of carbonyl (C=O) groups excluding carboxylic acids is 3. The fraction of sp³-hybridized carbons (Fsp3) is 0.524. The van der Waals surface area contributed by atoms with Gasteiger partial charge in [0.2, 0.25) is 11.8 Å². The molecular formula is C21H27N3O4S. The standard InChI is InChI=1S/C21H27N3O4S/c1-3-15(8-4-7-11-18-19(25)23-21(27)29-18)28-13-12-24-14(2)22-17-10-6-5-9-16(17)20(24)26/h3-4,7-8,16-18H,1,5-6,9-13H2,2H3,(H,23,25,27)/b7-4+,15-8+. The number of imide groups is 1. The maximum Gasteiger partial charge on any atom is 0.286 e. The molecule has 29 heavy (non-hydrogen) atoms. The highest BCUT2D eigenvalue weighted by atomic mass is 32.2. The van der Waals surface area contributed by atoms with E-state index in [9.17, 15) is 14.4 Å². The van der Waals surface area contributed by atoms with Gasteiger partial charge in [-0.2, -0.15) is 0 Å². The first-order chi connectivity index (χ1) is 14.0. The SMILES string of the molecule is C=C/C(=C\C=C\CC1SC(=O)NC1=O)OCCN1C(=O)C2CCCCC2N=C1C. The molecule has 1 saturated heterocycles. The number of amidine groups is 1. The Morgan fingerprint density at radius 2 is 2.14 bits per heavy atom. The van der Waals surface area contributed by atoms with Crippen molar-refractivity contribution in [3.63, 3.8) is 0 Å². The number of aliphatic imine (C=N–C) groups is 1. The lowest BCUT2D eigenvalue weighted by Crippen LogP contribution is -2.50. The smallest absolute Gasteiger partial charge is 0.286 e. The minimum absolute atomic E-state index is 0.0161. The number of thioether (sulfide) groups is 1. The van der Waals surface area contributed by atoms with E-state index in [1.54, 1.807) is 23.1 Å². The third kappa shape index (κ3) is 5.38. The number of carbonyl (C=O) groups is 3. The van der Waals surface area contributed by atoms with Crippen molar-refractivity contribution in [2.45, 2.75) is 50.3 Å². The first kappa shape index (κ1) is 21.4. The number of ether oxygens (including phenoxy) is 1. The molecule has 8 heteroatoms. The van der Waals surface area contributed by atoms with E-state index < -0.39 is 0 Å². The van der Waals surface area contributed by atoms with Crippen LogP contribution in [0.5, 0.6) is 0 Å². The van der Waals surface area contributed by atoms with Crippen molar-refractivity contribution < 1.29 is 19.1 Å². The zero-order valence-electron chi connectivity index (χ0n) is 16.6. The highest BCUT2D eigenvalue weighted by Crippen LogP contribution is 2.31. The Morgan fingerprint density at radius 3 is 2.86 bits per heavy atom. The summed E-state index contributed by atoms with van der Waals surface area (Å²) in [5.41, 5.74) is 0. The first-order valence-electron chi connectivity index (χ1n) is 9.99. The molecule has 156 valence electrons. The molecule has 0 radical (unpaired) electrons. The van der Waals surface area contributed by atoms with Crippen LogP contribution in [-0.4, -0.2) is 52.2 Å². The Morgan fingerprint density at radius 1 is 1.34 bits per heavy atom. The van der Waals surface area contributed by atoms with E-state index in [-0.39, 0.29) is 34.3 Å². The van der Waals surface area contributed by atoms with Crippen LogP contribution in [0.25, 0.3) is 0 Å². The molecule has 0 spiro atoms. The summed E-state index contributed by atoms with van der Waals surface area (Å²) < 4.78 is 5.74. The Balaban J connectivity index is 1.47. The Kier molecular flexibility index (Phi) is 7.30. The summed E-state index contributed by atoms with van der Waals surface area (Å²) >= 11 is 1.00. The van der Waals surface area contributed by atoms with Crippen LogP contribution in [0.2, 0.25) is 0 Å². The number of rotatable bonds is 8. The molecular weight excluding hydrogens is 390 g/mol. The van der Waals surface area contributed by atoms with Gasteiger partial charge in [0.1, 0.15) is 18.2 Å². The Labute approximate surface area is 175 Å². The molecule has 7 nitrogen and oxygen atoms in total. The number of hydrogen-bond acceptors (Lipinski definition) is 6. The molecule has 3 aliphatic rings. The topological polar surface area (TPSA) is 88.1 Å². The summed E-state index contributed by atoms with van der Waals surface area (Å²) in [5.74, 6) is 1.28. The first-order valence-corrected chi connectivity index (χ1v) is 10.9. The average molecular weight is 418 g/mol. The second-order valence-electron chi connectivity index (χ2n) is 7.29. The van der Waals surface area contributed by atoms with Gasteiger partial charge in [0.25, 0.3) is 5.24 Å². The zero-order chi connectivity index (χ0) is 20.8. The van der Waals surface area contributed by atoms with Crippen molar-refractivity contribution in [1.82, 2.24) is 10.2 Å². The molecule has 0 bridgehead atoms. The van der Waals surface area contributed by atoms with Gasteiger partial charge in [-0.3, -0.25) is 29.6 Å². The summed E-state index contributed by atoms with van der Waals surface area (Å²) in [7, 11) is 0. The van der Waals surface area contributed by atoms with Crippen molar-refractivity contribution in [2.75, 3.05) is 13.2 Å². The summed E-state index contributed by atoms with van der Waals surface area (Å²) in [6, 6.07) is 0.151. The molecule has 1 aliphatic carbocycles. The number of amides is 3. The number of allylic oxidation sites excluding steroid dienone is 4. The molecule has 3 atom stereocenters. The lowest BCUT2D eigenvalue weighted by molar-refractivity contribution is -0.134. The third-order valence-corrected chi connectivity index (χ3v) is 6.36. The molecule has 3 unspecified atom stereocenters. The van der Waals surface area contributed by atoms with Crippen LogP contribution < -0.4 is 5.32 Å². The normalized spacial score (nSPS) is 27.7. The van der Waals surface area contributed by atoms with Gasteiger partial charge in [0.15, 0.2) is 0 Å². The van der Waals surface area contributed by atoms with Gasteiger partial charge in [-0.25, -0.2) is 0 Å². The van der Waals surface area contributed by atoms with E-state index in [4.69, 9.17) is 9.73 Å². The summed E-state index contributed by atoms with van der Waals surface area (Å²) in [4.78, 5) is 41.9. The van der Waals surface area contributed by atoms with Crippen molar-refractivity contribution >= 4 is 34.7 Å². The van der Waals surface area contributed by atoms with Gasteiger partial charge in [0.05, 0.1) is 23.8 Å². The quantitative estimate of drug-likeness (QED) is 0.484. The van der Waals surface area contributed by atoms with E-state index in [2.05, 4.69) is 11.9 Å². The lowest BCUT2D eigenvalue weighted by atomic mass is 9.83. The minimum atomic E-state index is -0.378.